The molecule has 4 aromatic rings. The third-order valence-electron chi connectivity index (χ3n) is 4.88. The molecule has 4 rings (SSSR count). The summed E-state index contributed by atoms with van der Waals surface area (Å²) in [5, 5.41) is 27.1. The van der Waals surface area contributed by atoms with Gasteiger partial charge in [0, 0.05) is 0 Å². The summed E-state index contributed by atoms with van der Waals surface area (Å²) in [5.41, 5.74) is 7.28. The van der Waals surface area contributed by atoms with Crippen LogP contribution in [-0.2, 0) is 19.8 Å². The molecule has 0 bridgehead atoms. The van der Waals surface area contributed by atoms with Gasteiger partial charge in [-0.15, -0.1) is 0 Å². The van der Waals surface area contributed by atoms with Gasteiger partial charge in [-0.25, -0.2) is 0 Å². The number of hydrogen-bond donors (Lipinski definition) is 3. The highest BCUT2D eigenvalue weighted by Gasteiger charge is 2.01. The molecule has 0 unspecified atom stereocenters. The minimum Gasteiger partial charge on any atom is -0.392 e. The number of hydrogen-bond acceptors (Lipinski definition) is 3. The first-order valence-corrected chi connectivity index (χ1v) is 9.89. The quantitative estimate of drug-likeness (QED) is 0.434. The topological polar surface area (TPSA) is 60.7 Å². The zero-order chi connectivity index (χ0) is 21.2. The zero-order valence-corrected chi connectivity index (χ0v) is 16.8. The molecule has 0 aliphatic carbocycles. The fraction of sp³-hybridized carbons (Fsp3) is 0.111. The molecule has 0 aliphatic rings. The monoisotopic (exact) mass is 398 g/mol. The van der Waals surface area contributed by atoms with Gasteiger partial charge in [-0.3, -0.25) is 0 Å². The zero-order valence-electron chi connectivity index (χ0n) is 16.8. The molecule has 0 saturated heterocycles. The van der Waals surface area contributed by atoms with Crippen LogP contribution in [0, 0.1) is 0 Å². The molecule has 0 spiro atoms. The first kappa shape index (κ1) is 21.5. The smallest absolute Gasteiger partial charge is 0.0687 e. The largest absolute Gasteiger partial charge is 0.392 e. The van der Waals surface area contributed by atoms with Crippen LogP contribution in [0.15, 0.2) is 103 Å². The van der Waals surface area contributed by atoms with Crippen LogP contribution in [0.25, 0.3) is 22.3 Å². The van der Waals surface area contributed by atoms with E-state index in [2.05, 4.69) is 12.1 Å². The third-order valence-corrected chi connectivity index (χ3v) is 4.88. The van der Waals surface area contributed by atoms with Gasteiger partial charge in [0.05, 0.1) is 19.8 Å². The number of aliphatic hydroxyl groups excluding tert-OH is 3. The Morgan fingerprint density at radius 3 is 1.33 bits per heavy atom. The van der Waals surface area contributed by atoms with Crippen molar-refractivity contribution in [1.29, 1.82) is 0 Å². The fourth-order valence-corrected chi connectivity index (χ4v) is 3.16. The maximum absolute atomic E-state index is 9.18. The van der Waals surface area contributed by atoms with Crippen molar-refractivity contribution in [2.45, 2.75) is 19.8 Å². The van der Waals surface area contributed by atoms with Crippen LogP contribution in [0.1, 0.15) is 16.7 Å². The van der Waals surface area contributed by atoms with E-state index >= 15 is 0 Å². The van der Waals surface area contributed by atoms with Crippen LogP contribution in [0.5, 0.6) is 0 Å². The van der Waals surface area contributed by atoms with E-state index in [-0.39, 0.29) is 19.8 Å². The van der Waals surface area contributed by atoms with Gasteiger partial charge in [-0.1, -0.05) is 103 Å². The summed E-state index contributed by atoms with van der Waals surface area (Å²) in [5.74, 6) is 0. The van der Waals surface area contributed by atoms with Crippen LogP contribution in [0.2, 0.25) is 0 Å². The van der Waals surface area contributed by atoms with E-state index in [9.17, 15) is 5.11 Å². The summed E-state index contributed by atoms with van der Waals surface area (Å²) in [4.78, 5) is 0. The molecule has 0 amide bonds. The fourth-order valence-electron chi connectivity index (χ4n) is 3.16. The molecule has 152 valence electrons. The molecular formula is C27H26O3. The Morgan fingerprint density at radius 2 is 0.867 bits per heavy atom. The Morgan fingerprint density at radius 1 is 0.400 bits per heavy atom. The van der Waals surface area contributed by atoms with Crippen LogP contribution >= 0.6 is 0 Å². The van der Waals surface area contributed by atoms with E-state index in [1.54, 1.807) is 0 Å². The van der Waals surface area contributed by atoms with Crippen molar-refractivity contribution >= 4 is 0 Å². The molecule has 3 nitrogen and oxygen atoms in total. The molecule has 4 aromatic carbocycles. The summed E-state index contributed by atoms with van der Waals surface area (Å²) < 4.78 is 0. The first-order chi connectivity index (χ1) is 14.7. The second-order valence-electron chi connectivity index (χ2n) is 6.89. The minimum atomic E-state index is 0.0731. The maximum Gasteiger partial charge on any atom is 0.0687 e. The highest BCUT2D eigenvalue weighted by molar-refractivity contribution is 5.67. The van der Waals surface area contributed by atoms with Crippen molar-refractivity contribution in [1.82, 2.24) is 0 Å². The summed E-state index contributed by atoms with van der Waals surface area (Å²) in [6, 6.07) is 33.6. The van der Waals surface area contributed by atoms with Crippen LogP contribution in [-0.4, -0.2) is 15.3 Å². The second kappa shape index (κ2) is 11.1. The van der Waals surface area contributed by atoms with E-state index in [1.165, 1.54) is 0 Å². The van der Waals surface area contributed by atoms with Gasteiger partial charge in [0.2, 0.25) is 0 Å². The van der Waals surface area contributed by atoms with Gasteiger partial charge in [0.15, 0.2) is 0 Å². The summed E-state index contributed by atoms with van der Waals surface area (Å²) in [7, 11) is 0. The first-order valence-electron chi connectivity index (χ1n) is 9.89. The molecule has 0 radical (unpaired) electrons. The summed E-state index contributed by atoms with van der Waals surface area (Å²) >= 11 is 0. The van der Waals surface area contributed by atoms with Gasteiger partial charge in [0.25, 0.3) is 0 Å². The van der Waals surface area contributed by atoms with Gasteiger partial charge < -0.3 is 15.3 Å². The number of benzene rings is 4. The Bertz CT molecular complexity index is 978. The Hall–Kier alpha value is -3.24. The van der Waals surface area contributed by atoms with E-state index in [1.807, 2.05) is 91.0 Å². The van der Waals surface area contributed by atoms with E-state index in [0.29, 0.717) is 0 Å². The van der Waals surface area contributed by atoms with Gasteiger partial charge in [-0.05, 0) is 38.9 Å². The predicted octanol–water partition coefficient (Wildman–Crippen LogP) is 5.18. The van der Waals surface area contributed by atoms with Gasteiger partial charge in [-0.2, -0.15) is 0 Å². The highest BCUT2D eigenvalue weighted by atomic mass is 16.3. The molecule has 0 saturated carbocycles. The lowest BCUT2D eigenvalue weighted by Gasteiger charge is -2.06. The van der Waals surface area contributed by atoms with E-state index in [4.69, 9.17) is 10.2 Å². The molecule has 0 aromatic heterocycles. The van der Waals surface area contributed by atoms with Crippen LogP contribution in [0.4, 0.5) is 0 Å². The van der Waals surface area contributed by atoms with E-state index in [0.717, 1.165) is 38.9 Å². The lowest BCUT2D eigenvalue weighted by Crippen LogP contribution is -1.87. The number of rotatable bonds is 5. The molecule has 0 fully saturated rings. The Balaban J connectivity index is 0.000000172. The van der Waals surface area contributed by atoms with Crippen molar-refractivity contribution in [3.05, 3.63) is 120 Å². The normalized spacial score (nSPS) is 10.2. The lowest BCUT2D eigenvalue weighted by atomic mass is 10.0. The van der Waals surface area contributed by atoms with Gasteiger partial charge in [0.1, 0.15) is 0 Å². The Kier molecular flexibility index (Phi) is 7.93. The molecular weight excluding hydrogens is 372 g/mol. The Labute approximate surface area is 177 Å². The lowest BCUT2D eigenvalue weighted by molar-refractivity contribution is 0.281. The average molecular weight is 399 g/mol. The average Bonchev–Trinajstić information content (AvgIpc) is 2.85. The number of aliphatic hydroxyl groups is 3. The minimum absolute atomic E-state index is 0.0731. The standard InChI is InChI=1S/C14H14O2.C13H12O/c15-9-11-1-5-13(6-2-11)14-7-3-12(10-16)4-8-14;14-10-12-8-4-5-9-13(12)11-6-2-1-3-7-11/h1-8,15-16H,9-10H2;1-9,14H,10H2. The molecule has 0 atom stereocenters. The van der Waals surface area contributed by atoms with Crippen molar-refractivity contribution in [3.8, 4) is 22.3 Å². The second-order valence-corrected chi connectivity index (χ2v) is 6.89. The highest BCUT2D eigenvalue weighted by Crippen LogP contribution is 2.23. The molecule has 0 heterocycles. The van der Waals surface area contributed by atoms with Crippen molar-refractivity contribution < 1.29 is 15.3 Å². The van der Waals surface area contributed by atoms with Crippen molar-refractivity contribution in [3.63, 3.8) is 0 Å². The van der Waals surface area contributed by atoms with Crippen LogP contribution < -0.4 is 0 Å². The van der Waals surface area contributed by atoms with Gasteiger partial charge >= 0.3 is 0 Å². The van der Waals surface area contributed by atoms with E-state index < -0.39 is 0 Å². The predicted molar refractivity (Wildman–Crippen MR) is 122 cm³/mol. The van der Waals surface area contributed by atoms with Crippen molar-refractivity contribution in [2.75, 3.05) is 0 Å². The summed E-state index contributed by atoms with van der Waals surface area (Å²) in [6.45, 7) is 0.235. The molecule has 3 heteroatoms. The molecule has 30 heavy (non-hydrogen) atoms. The third kappa shape index (κ3) is 5.65. The SMILES string of the molecule is OCc1ccc(-c2ccc(CO)cc2)cc1.OCc1ccccc1-c1ccccc1. The maximum atomic E-state index is 9.18. The molecule has 0 aliphatic heterocycles. The molecule has 3 N–H and O–H groups in total. The van der Waals surface area contributed by atoms with Crippen LogP contribution in [0.3, 0.4) is 0 Å². The van der Waals surface area contributed by atoms with Crippen molar-refractivity contribution in [2.24, 2.45) is 0 Å². The summed E-state index contributed by atoms with van der Waals surface area (Å²) in [6.07, 6.45) is 0.